The minimum absolute atomic E-state index is 0.0371. The highest BCUT2D eigenvalue weighted by Gasteiger charge is 2.30. The van der Waals surface area contributed by atoms with Crippen molar-refractivity contribution in [2.75, 3.05) is 0 Å². The number of halogens is 1. The van der Waals surface area contributed by atoms with Crippen molar-refractivity contribution in [1.82, 2.24) is 10.6 Å². The standard InChI is InChI=1S/C18H26FN3O3/c1-4-5-6-14(16(24)22-18(2,3)17(20)25)21-15(23)11-12-7-9-13(19)10-8-12/h7-10,14H,4-6,11H2,1-3H3,(H2,20,25)(H,21,23)(H,22,24)/t14-/m1/s1. The van der Waals surface area contributed by atoms with Gasteiger partial charge in [-0.2, -0.15) is 0 Å². The van der Waals surface area contributed by atoms with Crippen molar-refractivity contribution in [2.45, 2.75) is 58.0 Å². The molecule has 1 aromatic carbocycles. The Morgan fingerprint density at radius 1 is 1.20 bits per heavy atom. The predicted molar refractivity (Wildman–Crippen MR) is 93.0 cm³/mol. The number of carbonyl (C=O) groups is 3. The number of hydrogen-bond acceptors (Lipinski definition) is 3. The van der Waals surface area contributed by atoms with E-state index in [1.54, 1.807) is 0 Å². The number of carbonyl (C=O) groups excluding carboxylic acids is 3. The Kier molecular flexibility index (Phi) is 7.54. The lowest BCUT2D eigenvalue weighted by atomic mass is 10.0. The number of primary amides is 1. The first-order valence-corrected chi connectivity index (χ1v) is 8.31. The lowest BCUT2D eigenvalue weighted by Gasteiger charge is -2.26. The summed E-state index contributed by atoms with van der Waals surface area (Å²) >= 11 is 0. The minimum atomic E-state index is -1.21. The van der Waals surface area contributed by atoms with Gasteiger partial charge in [0.1, 0.15) is 17.4 Å². The molecule has 0 spiro atoms. The molecule has 138 valence electrons. The van der Waals surface area contributed by atoms with Gasteiger partial charge < -0.3 is 16.4 Å². The van der Waals surface area contributed by atoms with E-state index < -0.39 is 23.4 Å². The van der Waals surface area contributed by atoms with Crippen molar-refractivity contribution < 1.29 is 18.8 Å². The quantitative estimate of drug-likeness (QED) is 0.627. The minimum Gasteiger partial charge on any atom is -0.368 e. The Bertz CT molecular complexity index is 614. The summed E-state index contributed by atoms with van der Waals surface area (Å²) in [5.41, 5.74) is 4.70. The molecule has 0 heterocycles. The van der Waals surface area contributed by atoms with E-state index in [-0.39, 0.29) is 18.1 Å². The van der Waals surface area contributed by atoms with E-state index in [1.807, 2.05) is 6.92 Å². The maximum absolute atomic E-state index is 12.9. The fourth-order valence-electron chi connectivity index (χ4n) is 2.17. The SMILES string of the molecule is CCCC[C@@H](NC(=O)Cc1ccc(F)cc1)C(=O)NC(C)(C)C(N)=O. The Morgan fingerprint density at radius 2 is 1.80 bits per heavy atom. The number of nitrogens with one attached hydrogen (secondary N) is 2. The number of amides is 3. The van der Waals surface area contributed by atoms with Crippen molar-refractivity contribution in [3.05, 3.63) is 35.6 Å². The van der Waals surface area contributed by atoms with Gasteiger partial charge in [0.15, 0.2) is 0 Å². The van der Waals surface area contributed by atoms with Gasteiger partial charge in [0, 0.05) is 0 Å². The molecule has 1 atom stereocenters. The van der Waals surface area contributed by atoms with Crippen LogP contribution in [-0.2, 0) is 20.8 Å². The van der Waals surface area contributed by atoms with Crippen molar-refractivity contribution in [3.63, 3.8) is 0 Å². The van der Waals surface area contributed by atoms with Crippen LogP contribution in [0.25, 0.3) is 0 Å². The van der Waals surface area contributed by atoms with E-state index in [1.165, 1.54) is 38.1 Å². The van der Waals surface area contributed by atoms with Crippen molar-refractivity contribution in [3.8, 4) is 0 Å². The predicted octanol–water partition coefficient (Wildman–Crippen LogP) is 1.42. The van der Waals surface area contributed by atoms with Crippen molar-refractivity contribution in [2.24, 2.45) is 5.73 Å². The zero-order valence-corrected chi connectivity index (χ0v) is 14.9. The average molecular weight is 351 g/mol. The van der Waals surface area contributed by atoms with Crippen LogP contribution in [0.15, 0.2) is 24.3 Å². The molecule has 6 nitrogen and oxygen atoms in total. The van der Waals surface area contributed by atoms with Crippen LogP contribution >= 0.6 is 0 Å². The van der Waals surface area contributed by atoms with Crippen molar-refractivity contribution >= 4 is 17.7 Å². The van der Waals surface area contributed by atoms with Crippen molar-refractivity contribution in [1.29, 1.82) is 0 Å². The lowest BCUT2D eigenvalue weighted by molar-refractivity contribution is -0.133. The summed E-state index contributed by atoms with van der Waals surface area (Å²) in [5, 5.41) is 5.24. The zero-order chi connectivity index (χ0) is 19.0. The van der Waals surface area contributed by atoms with Crippen LogP contribution in [0.2, 0.25) is 0 Å². The van der Waals surface area contributed by atoms with Gasteiger partial charge in [-0.1, -0.05) is 31.9 Å². The largest absolute Gasteiger partial charge is 0.368 e. The van der Waals surface area contributed by atoms with E-state index in [9.17, 15) is 18.8 Å². The number of unbranched alkanes of at least 4 members (excludes halogenated alkanes) is 1. The maximum Gasteiger partial charge on any atom is 0.243 e. The van der Waals surface area contributed by atoms with Gasteiger partial charge in [-0.15, -0.1) is 0 Å². The van der Waals surface area contributed by atoms with Gasteiger partial charge in [-0.25, -0.2) is 4.39 Å². The van der Waals surface area contributed by atoms with Crippen LogP contribution in [0, 0.1) is 5.82 Å². The highest BCUT2D eigenvalue weighted by molar-refractivity contribution is 5.93. The molecule has 0 unspecified atom stereocenters. The van der Waals surface area contributed by atoms with E-state index in [0.717, 1.165) is 12.8 Å². The van der Waals surface area contributed by atoms with Gasteiger partial charge in [0.05, 0.1) is 6.42 Å². The molecule has 1 rings (SSSR count). The highest BCUT2D eigenvalue weighted by atomic mass is 19.1. The monoisotopic (exact) mass is 351 g/mol. The lowest BCUT2D eigenvalue weighted by Crippen LogP contribution is -2.58. The first-order valence-electron chi connectivity index (χ1n) is 8.31. The number of nitrogens with two attached hydrogens (primary N) is 1. The molecule has 7 heteroatoms. The Labute approximate surface area is 147 Å². The van der Waals surface area contributed by atoms with E-state index in [4.69, 9.17) is 5.73 Å². The number of rotatable bonds is 9. The fraction of sp³-hybridized carbons (Fsp3) is 0.500. The molecule has 0 fully saturated rings. The third-order valence-electron chi connectivity index (χ3n) is 3.83. The normalized spacial score (nSPS) is 12.3. The summed E-state index contributed by atoms with van der Waals surface area (Å²) in [5.74, 6) is -1.84. The first kappa shape index (κ1) is 20.6. The molecule has 1 aromatic rings. The van der Waals surface area contributed by atoms with Crippen LogP contribution in [0.5, 0.6) is 0 Å². The molecule has 0 saturated carbocycles. The molecule has 0 aliphatic heterocycles. The van der Waals surface area contributed by atoms with E-state index in [0.29, 0.717) is 12.0 Å². The second-order valence-corrected chi connectivity index (χ2v) is 6.54. The molecule has 3 amide bonds. The summed E-state index contributed by atoms with van der Waals surface area (Å²) in [6, 6.07) is 4.84. The molecule has 0 aliphatic rings. The molecule has 0 aliphatic carbocycles. The topological polar surface area (TPSA) is 101 Å². The molecule has 0 aromatic heterocycles. The Morgan fingerprint density at radius 3 is 2.32 bits per heavy atom. The average Bonchev–Trinajstić information content (AvgIpc) is 2.53. The van der Waals surface area contributed by atoms with E-state index in [2.05, 4.69) is 10.6 Å². The van der Waals surface area contributed by atoms with Crippen LogP contribution in [0.4, 0.5) is 4.39 Å². The number of benzene rings is 1. The summed E-state index contributed by atoms with van der Waals surface area (Å²) in [7, 11) is 0. The summed E-state index contributed by atoms with van der Waals surface area (Å²) in [6.07, 6.45) is 2.09. The number of hydrogen-bond donors (Lipinski definition) is 3. The molecule has 0 saturated heterocycles. The highest BCUT2D eigenvalue weighted by Crippen LogP contribution is 2.08. The van der Waals surface area contributed by atoms with Gasteiger partial charge in [0.25, 0.3) is 0 Å². The molecule has 25 heavy (non-hydrogen) atoms. The Balaban J connectivity index is 2.73. The summed E-state index contributed by atoms with van der Waals surface area (Å²) in [4.78, 5) is 36.0. The van der Waals surface area contributed by atoms with Gasteiger partial charge >= 0.3 is 0 Å². The second-order valence-electron chi connectivity index (χ2n) is 6.54. The van der Waals surface area contributed by atoms with Crippen LogP contribution in [0.1, 0.15) is 45.6 Å². The van der Waals surface area contributed by atoms with Crippen LogP contribution in [0.3, 0.4) is 0 Å². The van der Waals surface area contributed by atoms with Gasteiger partial charge in [0.2, 0.25) is 17.7 Å². The Hall–Kier alpha value is -2.44. The molecule has 0 radical (unpaired) electrons. The fourth-order valence-corrected chi connectivity index (χ4v) is 2.17. The molecular weight excluding hydrogens is 325 g/mol. The zero-order valence-electron chi connectivity index (χ0n) is 14.9. The van der Waals surface area contributed by atoms with Crippen LogP contribution in [-0.4, -0.2) is 29.3 Å². The van der Waals surface area contributed by atoms with Crippen LogP contribution < -0.4 is 16.4 Å². The van der Waals surface area contributed by atoms with Gasteiger partial charge in [-0.05, 0) is 38.0 Å². The third kappa shape index (κ3) is 6.91. The third-order valence-corrected chi connectivity index (χ3v) is 3.83. The molecule has 0 bridgehead atoms. The smallest absolute Gasteiger partial charge is 0.243 e. The summed E-state index contributed by atoms with van der Waals surface area (Å²) in [6.45, 7) is 4.98. The van der Waals surface area contributed by atoms with Gasteiger partial charge in [-0.3, -0.25) is 14.4 Å². The van der Waals surface area contributed by atoms with E-state index >= 15 is 0 Å². The molecular formula is C18H26FN3O3. The molecule has 4 N–H and O–H groups in total. The summed E-state index contributed by atoms with van der Waals surface area (Å²) < 4.78 is 12.9. The maximum atomic E-state index is 12.9. The second kappa shape index (κ2) is 9.15. The first-order chi connectivity index (χ1) is 11.7.